The largest absolute Gasteiger partial charge is 0.486 e. The van der Waals surface area contributed by atoms with Crippen LogP contribution in [0.2, 0.25) is 0 Å². The highest BCUT2D eigenvalue weighted by molar-refractivity contribution is 7.89. The van der Waals surface area contributed by atoms with Gasteiger partial charge in [0.25, 0.3) is 0 Å². The van der Waals surface area contributed by atoms with Crippen LogP contribution in [0.25, 0.3) is 0 Å². The Bertz CT molecular complexity index is 963. The van der Waals surface area contributed by atoms with E-state index in [0.29, 0.717) is 31.3 Å². The summed E-state index contributed by atoms with van der Waals surface area (Å²) < 4.78 is 44.5. The summed E-state index contributed by atoms with van der Waals surface area (Å²) in [7, 11) is -2.10. The molecule has 0 fully saturated rings. The summed E-state index contributed by atoms with van der Waals surface area (Å²) in [4.78, 5) is 2.39. The number of hydrogen-bond donors (Lipinski definition) is 0. The van der Waals surface area contributed by atoms with Crippen LogP contribution in [-0.4, -0.2) is 58.7 Å². The molecule has 0 spiro atoms. The zero-order valence-corrected chi connectivity index (χ0v) is 16.8. The Hall–Kier alpha value is -2.45. The van der Waals surface area contributed by atoms with Crippen molar-refractivity contribution in [1.29, 1.82) is 0 Å². The van der Waals surface area contributed by atoms with Crippen LogP contribution in [0.5, 0.6) is 17.2 Å². The van der Waals surface area contributed by atoms with E-state index < -0.39 is 10.0 Å². The first-order chi connectivity index (χ1) is 13.5. The molecule has 8 heteroatoms. The number of ether oxygens (including phenoxy) is 3. The Morgan fingerprint density at radius 3 is 2.61 bits per heavy atom. The van der Waals surface area contributed by atoms with E-state index in [4.69, 9.17) is 14.2 Å². The summed E-state index contributed by atoms with van der Waals surface area (Å²) in [5.74, 6) is 1.81. The zero-order valence-electron chi connectivity index (χ0n) is 16.0. The molecule has 28 heavy (non-hydrogen) atoms. The summed E-state index contributed by atoms with van der Waals surface area (Å²) in [5, 5.41) is 0. The lowest BCUT2D eigenvalue weighted by molar-refractivity contribution is 0.169. The van der Waals surface area contributed by atoms with E-state index >= 15 is 0 Å². The minimum absolute atomic E-state index is 0.183. The van der Waals surface area contributed by atoms with Crippen molar-refractivity contribution in [2.45, 2.75) is 17.9 Å². The number of likely N-dealkylation sites (N-methyl/N-ethyl adjacent to an activating group) is 2. The molecule has 2 aliphatic heterocycles. The number of hydrogen-bond acceptors (Lipinski definition) is 6. The highest BCUT2D eigenvalue weighted by Gasteiger charge is 2.30. The van der Waals surface area contributed by atoms with E-state index in [9.17, 15) is 8.42 Å². The first-order valence-electron chi connectivity index (χ1n) is 9.35. The molecule has 0 unspecified atom stereocenters. The van der Waals surface area contributed by atoms with Gasteiger partial charge in [-0.2, -0.15) is 4.31 Å². The number of fused-ring (bicyclic) bond motifs is 2. The average molecular weight is 404 g/mol. The fourth-order valence-electron chi connectivity index (χ4n) is 3.52. The fraction of sp³-hybridized carbons (Fsp3) is 0.400. The van der Waals surface area contributed by atoms with Gasteiger partial charge in [0.15, 0.2) is 11.5 Å². The lowest BCUT2D eigenvalue weighted by atomic mass is 10.2. The number of nitrogens with zero attached hydrogens (tertiary/aromatic N) is 2. The molecule has 0 bridgehead atoms. The molecule has 2 aliphatic rings. The van der Waals surface area contributed by atoms with Crippen molar-refractivity contribution < 1.29 is 22.6 Å². The fourth-order valence-corrected chi connectivity index (χ4v) is 4.74. The molecule has 0 N–H and O–H groups in total. The van der Waals surface area contributed by atoms with Crippen molar-refractivity contribution >= 4 is 15.7 Å². The molecule has 0 aliphatic carbocycles. The Labute approximate surface area is 165 Å². The Morgan fingerprint density at radius 2 is 1.82 bits per heavy atom. The van der Waals surface area contributed by atoms with Crippen molar-refractivity contribution in [1.82, 2.24) is 4.31 Å². The average Bonchev–Trinajstić information content (AvgIpc) is 2.72. The summed E-state index contributed by atoms with van der Waals surface area (Å²) in [5.41, 5.74) is 1.04. The quantitative estimate of drug-likeness (QED) is 0.762. The lowest BCUT2D eigenvalue weighted by Crippen LogP contribution is -2.46. The standard InChI is InChI=1S/C20H24N2O5S/c1-3-22-14-15(27-18-7-5-4-6-17(18)22)13-21(2)28(23,24)16-8-9-19-20(12-16)26-11-10-25-19/h4-9,12,15H,3,10-11,13-14H2,1-2H3/t15-/m0/s1. The van der Waals surface area contributed by atoms with E-state index in [2.05, 4.69) is 11.8 Å². The van der Waals surface area contributed by atoms with Crippen molar-refractivity contribution in [2.24, 2.45) is 0 Å². The van der Waals surface area contributed by atoms with Crippen LogP contribution in [0.15, 0.2) is 47.4 Å². The number of para-hydroxylation sites is 2. The van der Waals surface area contributed by atoms with Crippen LogP contribution in [-0.2, 0) is 10.0 Å². The van der Waals surface area contributed by atoms with Crippen molar-refractivity contribution in [3.05, 3.63) is 42.5 Å². The molecule has 7 nitrogen and oxygen atoms in total. The van der Waals surface area contributed by atoms with E-state index in [1.54, 1.807) is 19.2 Å². The van der Waals surface area contributed by atoms with E-state index in [1.807, 2.05) is 24.3 Å². The second-order valence-corrected chi connectivity index (χ2v) is 8.88. The summed E-state index contributed by atoms with van der Waals surface area (Å²) >= 11 is 0. The summed E-state index contributed by atoms with van der Waals surface area (Å²) in [6, 6.07) is 12.5. The number of sulfonamides is 1. The van der Waals surface area contributed by atoms with Gasteiger partial charge in [-0.3, -0.25) is 0 Å². The van der Waals surface area contributed by atoms with Gasteiger partial charge in [-0.1, -0.05) is 12.1 Å². The van der Waals surface area contributed by atoms with Crippen molar-refractivity contribution in [3.63, 3.8) is 0 Å². The third-order valence-corrected chi connectivity index (χ3v) is 6.81. The van der Waals surface area contributed by atoms with Gasteiger partial charge in [-0.05, 0) is 31.2 Å². The minimum atomic E-state index is -3.67. The monoisotopic (exact) mass is 404 g/mol. The molecule has 0 aromatic heterocycles. The molecule has 0 radical (unpaired) electrons. The van der Waals surface area contributed by atoms with E-state index in [0.717, 1.165) is 18.0 Å². The van der Waals surface area contributed by atoms with Crippen LogP contribution < -0.4 is 19.1 Å². The molecule has 2 aromatic carbocycles. The van der Waals surface area contributed by atoms with Crippen molar-refractivity contribution in [3.8, 4) is 17.2 Å². The topological polar surface area (TPSA) is 68.3 Å². The van der Waals surface area contributed by atoms with Gasteiger partial charge >= 0.3 is 0 Å². The predicted molar refractivity (Wildman–Crippen MR) is 106 cm³/mol. The third kappa shape index (κ3) is 3.49. The van der Waals surface area contributed by atoms with Gasteiger partial charge in [-0.25, -0.2) is 8.42 Å². The normalized spacial score (nSPS) is 18.5. The molecular formula is C20H24N2O5S. The second kappa shape index (κ2) is 7.52. The maximum Gasteiger partial charge on any atom is 0.243 e. The smallest absolute Gasteiger partial charge is 0.243 e. The van der Waals surface area contributed by atoms with Gasteiger partial charge in [0.05, 0.1) is 23.7 Å². The van der Waals surface area contributed by atoms with Crippen LogP contribution in [0.3, 0.4) is 0 Å². The van der Waals surface area contributed by atoms with E-state index in [-0.39, 0.29) is 17.5 Å². The first-order valence-corrected chi connectivity index (χ1v) is 10.8. The van der Waals surface area contributed by atoms with Gasteiger partial charge in [0, 0.05) is 19.7 Å². The molecular weight excluding hydrogens is 380 g/mol. The predicted octanol–water partition coefficient (Wildman–Crippen LogP) is 2.37. The maximum atomic E-state index is 13.0. The summed E-state index contributed by atoms with van der Waals surface area (Å²) in [6.45, 7) is 4.67. The third-order valence-electron chi connectivity index (χ3n) is 4.99. The maximum absolute atomic E-state index is 13.0. The number of rotatable bonds is 5. The number of benzene rings is 2. The second-order valence-electron chi connectivity index (χ2n) is 6.84. The Morgan fingerprint density at radius 1 is 1.07 bits per heavy atom. The van der Waals surface area contributed by atoms with E-state index in [1.165, 1.54) is 10.4 Å². The highest BCUT2D eigenvalue weighted by atomic mass is 32.2. The molecule has 4 rings (SSSR count). The molecule has 2 aromatic rings. The van der Waals surface area contributed by atoms with Gasteiger partial charge in [0.2, 0.25) is 10.0 Å². The number of anilines is 1. The van der Waals surface area contributed by atoms with Gasteiger partial charge < -0.3 is 19.1 Å². The van der Waals surface area contributed by atoms with Gasteiger partial charge in [-0.15, -0.1) is 0 Å². The molecule has 1 atom stereocenters. The van der Waals surface area contributed by atoms with Crippen LogP contribution in [0.4, 0.5) is 5.69 Å². The Balaban J connectivity index is 1.52. The SMILES string of the molecule is CCN1C[C@H](CN(C)S(=O)(=O)c2ccc3c(c2)OCCO3)Oc2ccccc21. The molecule has 2 heterocycles. The minimum Gasteiger partial charge on any atom is -0.486 e. The van der Waals surface area contributed by atoms with Gasteiger partial charge in [0.1, 0.15) is 25.1 Å². The highest BCUT2D eigenvalue weighted by Crippen LogP contribution is 2.35. The molecule has 0 amide bonds. The lowest BCUT2D eigenvalue weighted by Gasteiger charge is -2.37. The Kier molecular flexibility index (Phi) is 5.07. The zero-order chi connectivity index (χ0) is 19.7. The van der Waals surface area contributed by atoms with Crippen LogP contribution in [0, 0.1) is 0 Å². The molecule has 0 saturated heterocycles. The summed E-state index contributed by atoms with van der Waals surface area (Å²) in [6.07, 6.45) is -0.258. The first kappa shape index (κ1) is 18.9. The van der Waals surface area contributed by atoms with Crippen LogP contribution in [0.1, 0.15) is 6.92 Å². The van der Waals surface area contributed by atoms with Crippen molar-refractivity contribution in [2.75, 3.05) is 44.8 Å². The molecule has 0 saturated carbocycles. The van der Waals surface area contributed by atoms with Crippen LogP contribution >= 0.6 is 0 Å². The molecule has 150 valence electrons.